The Kier molecular flexibility index (Phi) is 5.57. The molecule has 0 saturated heterocycles. The zero-order valence-electron chi connectivity index (χ0n) is 11.1. The van der Waals surface area contributed by atoms with Gasteiger partial charge in [0.25, 0.3) is 6.20 Å². The van der Waals surface area contributed by atoms with E-state index < -0.39 is 4.92 Å². The normalized spacial score (nSPS) is 11.5. The highest BCUT2D eigenvalue weighted by molar-refractivity contribution is 6.30. The van der Waals surface area contributed by atoms with Gasteiger partial charge in [-0.25, -0.2) is 4.98 Å². The van der Waals surface area contributed by atoms with Crippen molar-refractivity contribution in [3.63, 3.8) is 0 Å². The van der Waals surface area contributed by atoms with Crippen molar-refractivity contribution >= 4 is 11.6 Å². The van der Waals surface area contributed by atoms with E-state index in [1.54, 1.807) is 19.3 Å². The van der Waals surface area contributed by atoms with Gasteiger partial charge in [0.15, 0.2) is 5.82 Å². The van der Waals surface area contributed by atoms with Gasteiger partial charge in [-0.05, 0) is 19.9 Å². The summed E-state index contributed by atoms with van der Waals surface area (Å²) in [6, 6.07) is 3.72. The number of nitrogens with one attached hydrogen (secondary N) is 1. The minimum Gasteiger partial charge on any atom is -0.370 e. The topological polar surface area (TPSA) is 71.3 Å². The molecule has 0 amide bonds. The Labute approximate surface area is 117 Å². The summed E-state index contributed by atoms with van der Waals surface area (Å²) in [5, 5.41) is 13.9. The fourth-order valence-electron chi connectivity index (χ4n) is 1.65. The number of hydrogen-bond acceptors (Lipinski definition) is 5. The van der Waals surface area contributed by atoms with Gasteiger partial charge >= 0.3 is 0 Å². The quantitative estimate of drug-likeness (QED) is 0.493. The Morgan fingerprint density at radius 1 is 1.68 bits per heavy atom. The number of halogens is 1. The van der Waals surface area contributed by atoms with Crippen LogP contribution in [0.3, 0.4) is 0 Å². The molecule has 0 radical (unpaired) electrons. The largest absolute Gasteiger partial charge is 0.370 e. The predicted molar refractivity (Wildman–Crippen MR) is 74.1 cm³/mol. The number of nitro groups is 1. The molecule has 0 aromatic carbocycles. The van der Waals surface area contributed by atoms with Crippen molar-refractivity contribution in [1.29, 1.82) is 0 Å². The molecule has 0 aliphatic heterocycles. The summed E-state index contributed by atoms with van der Waals surface area (Å²) in [4.78, 5) is 16.0. The first-order chi connectivity index (χ1) is 8.95. The van der Waals surface area contributed by atoms with Gasteiger partial charge in [0.1, 0.15) is 5.15 Å². The second kappa shape index (κ2) is 6.94. The summed E-state index contributed by atoms with van der Waals surface area (Å²) in [6.45, 7) is 4.36. The first-order valence-corrected chi connectivity index (χ1v) is 6.22. The maximum Gasteiger partial charge on any atom is 0.274 e. The fraction of sp³-hybridized carbons (Fsp3) is 0.417. The van der Waals surface area contributed by atoms with E-state index in [2.05, 4.69) is 10.3 Å². The molecule has 0 aliphatic carbocycles. The molecule has 0 bridgehead atoms. The molecule has 1 aromatic heterocycles. The van der Waals surface area contributed by atoms with Crippen LogP contribution in [0.1, 0.15) is 19.4 Å². The number of aromatic nitrogens is 1. The van der Waals surface area contributed by atoms with Gasteiger partial charge in [0.2, 0.25) is 0 Å². The SMILES string of the molecule is CN/C(=C\[N+](=O)[O-])N(Cc1cccnc1Cl)C(C)C. The van der Waals surface area contributed by atoms with Crippen LogP contribution in [0.15, 0.2) is 30.4 Å². The van der Waals surface area contributed by atoms with Crippen LogP contribution in [0.2, 0.25) is 5.15 Å². The molecule has 6 nitrogen and oxygen atoms in total. The van der Waals surface area contributed by atoms with E-state index in [1.807, 2.05) is 24.8 Å². The van der Waals surface area contributed by atoms with Crippen LogP contribution in [-0.4, -0.2) is 27.9 Å². The van der Waals surface area contributed by atoms with E-state index in [1.165, 1.54) is 0 Å². The van der Waals surface area contributed by atoms with Crippen molar-refractivity contribution < 1.29 is 4.92 Å². The summed E-state index contributed by atoms with van der Waals surface area (Å²) in [6.07, 6.45) is 2.56. The maximum absolute atomic E-state index is 10.6. The number of rotatable bonds is 6. The van der Waals surface area contributed by atoms with Crippen molar-refractivity contribution in [3.05, 3.63) is 51.2 Å². The highest BCUT2D eigenvalue weighted by Crippen LogP contribution is 2.18. The van der Waals surface area contributed by atoms with Crippen molar-refractivity contribution in [2.24, 2.45) is 0 Å². The lowest BCUT2D eigenvalue weighted by molar-refractivity contribution is -0.404. The molecule has 19 heavy (non-hydrogen) atoms. The van der Waals surface area contributed by atoms with Gasteiger partial charge in [-0.3, -0.25) is 10.1 Å². The van der Waals surface area contributed by atoms with Gasteiger partial charge in [-0.15, -0.1) is 0 Å². The highest BCUT2D eigenvalue weighted by atomic mass is 35.5. The average Bonchev–Trinajstić information content (AvgIpc) is 2.34. The molecule has 0 spiro atoms. The molecule has 0 saturated carbocycles. The lowest BCUT2D eigenvalue weighted by Crippen LogP contribution is -2.35. The smallest absolute Gasteiger partial charge is 0.274 e. The Morgan fingerprint density at radius 3 is 2.84 bits per heavy atom. The van der Waals surface area contributed by atoms with Crippen LogP contribution >= 0.6 is 11.6 Å². The Morgan fingerprint density at radius 2 is 2.37 bits per heavy atom. The van der Waals surface area contributed by atoms with Crippen molar-refractivity contribution in [3.8, 4) is 0 Å². The van der Waals surface area contributed by atoms with E-state index in [0.717, 1.165) is 11.8 Å². The standard InChI is InChI=1S/C12H17ClN4O2/c1-9(2)16(11(14-3)8-17(18)19)7-10-5-4-6-15-12(10)13/h4-6,8-9,14H,7H2,1-3H3/b11-8+. The Balaban J connectivity index is 3.02. The second-order valence-corrected chi connectivity index (χ2v) is 4.58. The lowest BCUT2D eigenvalue weighted by Gasteiger charge is -2.29. The van der Waals surface area contributed by atoms with Crippen LogP contribution in [0.25, 0.3) is 0 Å². The minimum absolute atomic E-state index is 0.0786. The number of hydrogen-bond donors (Lipinski definition) is 1. The third-order valence-electron chi connectivity index (χ3n) is 2.59. The minimum atomic E-state index is -0.480. The van der Waals surface area contributed by atoms with Gasteiger partial charge in [-0.2, -0.15) is 0 Å². The van der Waals surface area contributed by atoms with Gasteiger partial charge in [-0.1, -0.05) is 17.7 Å². The first-order valence-electron chi connectivity index (χ1n) is 5.84. The van der Waals surface area contributed by atoms with Crippen LogP contribution in [0.5, 0.6) is 0 Å². The second-order valence-electron chi connectivity index (χ2n) is 4.22. The maximum atomic E-state index is 10.6. The molecule has 0 fully saturated rings. The van der Waals surface area contributed by atoms with E-state index in [9.17, 15) is 10.1 Å². The average molecular weight is 285 g/mol. The molecule has 1 heterocycles. The number of pyridine rings is 1. The van der Waals surface area contributed by atoms with E-state index in [-0.39, 0.29) is 6.04 Å². The molecule has 0 atom stereocenters. The molecule has 1 rings (SSSR count). The van der Waals surface area contributed by atoms with E-state index >= 15 is 0 Å². The third kappa shape index (κ3) is 4.40. The van der Waals surface area contributed by atoms with Crippen molar-refractivity contribution in [2.75, 3.05) is 7.05 Å². The third-order valence-corrected chi connectivity index (χ3v) is 2.93. The molecular formula is C12H17ClN4O2. The molecule has 0 aliphatic rings. The summed E-state index contributed by atoms with van der Waals surface area (Å²) in [5.41, 5.74) is 0.822. The predicted octanol–water partition coefficient (Wildman–Crippen LogP) is 2.24. The van der Waals surface area contributed by atoms with Gasteiger partial charge in [0.05, 0.1) is 4.92 Å². The summed E-state index contributed by atoms with van der Waals surface area (Å²) in [5.74, 6) is 0.430. The number of nitrogens with zero attached hydrogens (tertiary/aromatic N) is 3. The van der Waals surface area contributed by atoms with Gasteiger partial charge in [0, 0.05) is 31.4 Å². The highest BCUT2D eigenvalue weighted by Gasteiger charge is 2.17. The molecule has 0 unspecified atom stereocenters. The fourth-order valence-corrected chi connectivity index (χ4v) is 1.83. The van der Waals surface area contributed by atoms with E-state index in [4.69, 9.17) is 11.6 Å². The van der Waals surface area contributed by atoms with Gasteiger partial charge < -0.3 is 10.2 Å². The molecule has 7 heteroatoms. The van der Waals surface area contributed by atoms with Crippen LogP contribution in [0.4, 0.5) is 0 Å². The summed E-state index contributed by atoms with van der Waals surface area (Å²) in [7, 11) is 1.65. The summed E-state index contributed by atoms with van der Waals surface area (Å²) < 4.78 is 0. The van der Waals surface area contributed by atoms with Crippen molar-refractivity contribution in [1.82, 2.24) is 15.2 Å². The lowest BCUT2D eigenvalue weighted by atomic mass is 10.2. The Hall–Kier alpha value is -1.82. The zero-order chi connectivity index (χ0) is 14.4. The van der Waals surface area contributed by atoms with Crippen LogP contribution < -0.4 is 5.32 Å². The molecule has 104 valence electrons. The Bertz CT molecular complexity index is 477. The molecule has 1 aromatic rings. The van der Waals surface area contributed by atoms with Crippen molar-refractivity contribution in [2.45, 2.75) is 26.4 Å². The first kappa shape index (κ1) is 15.2. The van der Waals surface area contributed by atoms with Crippen LogP contribution in [0, 0.1) is 10.1 Å². The van der Waals surface area contributed by atoms with E-state index in [0.29, 0.717) is 17.5 Å². The zero-order valence-corrected chi connectivity index (χ0v) is 11.9. The van der Waals surface area contributed by atoms with Crippen LogP contribution in [-0.2, 0) is 6.54 Å². The summed E-state index contributed by atoms with van der Waals surface area (Å²) >= 11 is 6.02. The molecule has 1 N–H and O–H groups in total. The monoisotopic (exact) mass is 284 g/mol. The molecular weight excluding hydrogens is 268 g/mol.